The number of hydrogen-bond acceptors (Lipinski definition) is 0. The molecule has 0 aliphatic carbocycles. The zero-order valence-electron chi connectivity index (χ0n) is 17.4. The van der Waals surface area contributed by atoms with E-state index in [1.165, 1.54) is 33.2 Å². The number of hydrogen-bond donors (Lipinski definition) is 0. The van der Waals surface area contributed by atoms with Crippen LogP contribution in [0.5, 0.6) is 0 Å². The lowest BCUT2D eigenvalue weighted by Gasteiger charge is -2.14. The standard InChI is InChI=1S/C30H20ClN/c31-27-18-10-17-26-28-24(21-11-4-1-5-12-21)19-20-25(22-13-6-2-7-14-22)30(28)32(29(26)27)23-15-8-3-9-16-23/h1-20H. The van der Waals surface area contributed by atoms with Gasteiger partial charge in [0.15, 0.2) is 0 Å². The Morgan fingerprint density at radius 1 is 0.469 bits per heavy atom. The predicted octanol–water partition coefficient (Wildman–Crippen LogP) is 8.77. The Morgan fingerprint density at radius 3 is 1.69 bits per heavy atom. The molecule has 0 aliphatic rings. The van der Waals surface area contributed by atoms with Crippen LogP contribution in [0.2, 0.25) is 5.02 Å². The first-order valence-corrected chi connectivity index (χ1v) is 11.1. The van der Waals surface area contributed by atoms with Gasteiger partial charge in [0.25, 0.3) is 0 Å². The zero-order chi connectivity index (χ0) is 21.5. The van der Waals surface area contributed by atoms with Crippen molar-refractivity contribution in [2.75, 3.05) is 0 Å². The van der Waals surface area contributed by atoms with Crippen molar-refractivity contribution in [1.29, 1.82) is 0 Å². The minimum absolute atomic E-state index is 0.751. The second-order valence-corrected chi connectivity index (χ2v) is 8.33. The minimum atomic E-state index is 0.751. The Morgan fingerprint density at radius 2 is 1.03 bits per heavy atom. The van der Waals surface area contributed by atoms with Crippen molar-refractivity contribution in [2.24, 2.45) is 0 Å². The summed E-state index contributed by atoms with van der Waals surface area (Å²) in [5, 5.41) is 3.13. The maximum atomic E-state index is 6.86. The Labute approximate surface area is 192 Å². The average Bonchev–Trinajstić information content (AvgIpc) is 3.22. The lowest BCUT2D eigenvalue weighted by molar-refractivity contribution is 1.18. The number of fused-ring (bicyclic) bond motifs is 3. The molecule has 0 saturated heterocycles. The smallest absolute Gasteiger partial charge is 0.0727 e. The first-order chi connectivity index (χ1) is 15.8. The summed E-state index contributed by atoms with van der Waals surface area (Å²) in [5.74, 6) is 0. The topological polar surface area (TPSA) is 4.93 Å². The highest BCUT2D eigenvalue weighted by molar-refractivity contribution is 6.37. The molecule has 0 unspecified atom stereocenters. The van der Waals surface area contributed by atoms with Crippen molar-refractivity contribution in [3.05, 3.63) is 126 Å². The number of halogens is 1. The van der Waals surface area contributed by atoms with Gasteiger partial charge in [0.2, 0.25) is 0 Å². The van der Waals surface area contributed by atoms with Crippen molar-refractivity contribution < 1.29 is 0 Å². The molecule has 0 atom stereocenters. The molecule has 0 radical (unpaired) electrons. The monoisotopic (exact) mass is 429 g/mol. The van der Waals surface area contributed by atoms with Gasteiger partial charge in [-0.2, -0.15) is 0 Å². The number of nitrogens with zero attached hydrogens (tertiary/aromatic N) is 1. The third-order valence-corrected chi connectivity index (χ3v) is 6.37. The first kappa shape index (κ1) is 18.9. The highest BCUT2D eigenvalue weighted by Crippen LogP contribution is 2.44. The normalized spacial score (nSPS) is 11.3. The molecule has 152 valence electrons. The van der Waals surface area contributed by atoms with Crippen LogP contribution in [0, 0.1) is 0 Å². The van der Waals surface area contributed by atoms with Gasteiger partial charge in [-0.25, -0.2) is 0 Å². The van der Waals surface area contributed by atoms with Crippen molar-refractivity contribution in [3.63, 3.8) is 0 Å². The Bertz CT molecular complexity index is 1550. The maximum Gasteiger partial charge on any atom is 0.0727 e. The van der Waals surface area contributed by atoms with E-state index in [0.717, 1.165) is 21.6 Å². The summed E-state index contributed by atoms with van der Waals surface area (Å²) in [6, 6.07) is 42.4. The fourth-order valence-electron chi connectivity index (χ4n) is 4.70. The third kappa shape index (κ3) is 2.94. The molecule has 0 N–H and O–H groups in total. The summed E-state index contributed by atoms with van der Waals surface area (Å²) < 4.78 is 2.32. The Balaban J connectivity index is 1.87. The summed E-state index contributed by atoms with van der Waals surface area (Å²) in [6.07, 6.45) is 0. The minimum Gasteiger partial charge on any atom is -0.307 e. The number of benzene rings is 5. The summed E-state index contributed by atoms with van der Waals surface area (Å²) in [5.41, 5.74) is 8.10. The van der Waals surface area contributed by atoms with Gasteiger partial charge in [-0.1, -0.05) is 115 Å². The van der Waals surface area contributed by atoms with Crippen molar-refractivity contribution in [2.45, 2.75) is 0 Å². The van der Waals surface area contributed by atoms with E-state index in [1.54, 1.807) is 0 Å². The van der Waals surface area contributed by atoms with Crippen LogP contribution in [-0.4, -0.2) is 4.57 Å². The number of aromatic nitrogens is 1. The van der Waals surface area contributed by atoms with Crippen LogP contribution in [0.3, 0.4) is 0 Å². The largest absolute Gasteiger partial charge is 0.307 e. The van der Waals surface area contributed by atoms with E-state index < -0.39 is 0 Å². The predicted molar refractivity (Wildman–Crippen MR) is 137 cm³/mol. The fraction of sp³-hybridized carbons (Fsp3) is 0. The van der Waals surface area contributed by atoms with Crippen LogP contribution in [-0.2, 0) is 0 Å². The van der Waals surface area contributed by atoms with Gasteiger partial charge >= 0.3 is 0 Å². The van der Waals surface area contributed by atoms with Crippen LogP contribution in [0.15, 0.2) is 121 Å². The molecule has 0 amide bonds. The van der Waals surface area contributed by atoms with E-state index in [4.69, 9.17) is 11.6 Å². The highest BCUT2D eigenvalue weighted by atomic mass is 35.5. The molecule has 0 bridgehead atoms. The van der Waals surface area contributed by atoms with Gasteiger partial charge in [-0.3, -0.25) is 0 Å². The van der Waals surface area contributed by atoms with E-state index >= 15 is 0 Å². The van der Waals surface area contributed by atoms with Gasteiger partial charge in [-0.15, -0.1) is 0 Å². The molecule has 6 rings (SSSR count). The van der Waals surface area contributed by atoms with Crippen LogP contribution < -0.4 is 0 Å². The molecule has 0 aliphatic heterocycles. The second kappa shape index (κ2) is 7.71. The molecule has 5 aromatic carbocycles. The third-order valence-electron chi connectivity index (χ3n) is 6.07. The molecule has 0 saturated carbocycles. The van der Waals surface area contributed by atoms with Crippen LogP contribution in [0.25, 0.3) is 49.7 Å². The molecule has 0 fully saturated rings. The Kier molecular flexibility index (Phi) is 4.56. The zero-order valence-corrected chi connectivity index (χ0v) is 18.1. The number of rotatable bonds is 3. The van der Waals surface area contributed by atoms with Gasteiger partial charge in [0, 0.05) is 22.0 Å². The second-order valence-electron chi connectivity index (χ2n) is 7.92. The quantitative estimate of drug-likeness (QED) is 0.265. The van der Waals surface area contributed by atoms with Crippen LogP contribution >= 0.6 is 11.6 Å². The molecule has 2 heteroatoms. The summed E-state index contributed by atoms with van der Waals surface area (Å²) in [4.78, 5) is 0. The highest BCUT2D eigenvalue weighted by Gasteiger charge is 2.21. The van der Waals surface area contributed by atoms with E-state index in [0.29, 0.717) is 0 Å². The summed E-state index contributed by atoms with van der Waals surface area (Å²) >= 11 is 6.86. The van der Waals surface area contributed by atoms with Gasteiger partial charge in [-0.05, 0) is 34.9 Å². The summed E-state index contributed by atoms with van der Waals surface area (Å²) in [6.45, 7) is 0. The molecular formula is C30H20ClN. The Hall–Kier alpha value is -3.81. The SMILES string of the molecule is Clc1cccc2c3c(-c4ccccc4)ccc(-c4ccccc4)c3n(-c3ccccc3)c12. The lowest BCUT2D eigenvalue weighted by Crippen LogP contribution is -1.96. The molecular weight excluding hydrogens is 410 g/mol. The van der Waals surface area contributed by atoms with E-state index in [-0.39, 0.29) is 0 Å². The lowest BCUT2D eigenvalue weighted by atomic mass is 9.94. The van der Waals surface area contributed by atoms with E-state index in [9.17, 15) is 0 Å². The van der Waals surface area contributed by atoms with Crippen molar-refractivity contribution >= 4 is 33.4 Å². The van der Waals surface area contributed by atoms with Gasteiger partial charge in [0.05, 0.1) is 16.1 Å². The maximum absolute atomic E-state index is 6.86. The molecule has 1 nitrogen and oxygen atoms in total. The van der Waals surface area contributed by atoms with Crippen molar-refractivity contribution in [3.8, 4) is 27.9 Å². The van der Waals surface area contributed by atoms with E-state index in [1.807, 2.05) is 18.2 Å². The first-order valence-electron chi connectivity index (χ1n) is 10.7. The molecule has 0 spiro atoms. The van der Waals surface area contributed by atoms with Gasteiger partial charge < -0.3 is 4.57 Å². The molecule has 1 heterocycles. The molecule has 6 aromatic rings. The summed E-state index contributed by atoms with van der Waals surface area (Å²) in [7, 11) is 0. The van der Waals surface area contributed by atoms with Gasteiger partial charge in [0.1, 0.15) is 0 Å². The van der Waals surface area contributed by atoms with Crippen LogP contribution in [0.1, 0.15) is 0 Å². The number of para-hydroxylation sites is 2. The van der Waals surface area contributed by atoms with Crippen molar-refractivity contribution in [1.82, 2.24) is 4.57 Å². The van der Waals surface area contributed by atoms with E-state index in [2.05, 4.69) is 108 Å². The van der Waals surface area contributed by atoms with Crippen LogP contribution in [0.4, 0.5) is 0 Å². The molecule has 32 heavy (non-hydrogen) atoms. The molecule has 1 aromatic heterocycles. The average molecular weight is 430 g/mol. The fourth-order valence-corrected chi connectivity index (χ4v) is 4.96.